The van der Waals surface area contributed by atoms with Crippen molar-refractivity contribution in [2.24, 2.45) is 0 Å². The Hall–Kier alpha value is -3.52. The molecule has 1 amide bonds. The van der Waals surface area contributed by atoms with Gasteiger partial charge in [-0.05, 0) is 47.7 Å². The lowest BCUT2D eigenvalue weighted by atomic mass is 9.95. The Bertz CT molecular complexity index is 1330. The average Bonchev–Trinajstić information content (AvgIpc) is 3.05. The van der Waals surface area contributed by atoms with Crippen molar-refractivity contribution in [1.82, 2.24) is 5.32 Å². The highest BCUT2D eigenvalue weighted by Crippen LogP contribution is 2.50. The third-order valence-corrected chi connectivity index (χ3v) is 5.98. The first kappa shape index (κ1) is 29.7. The molecule has 1 aliphatic carbocycles. The van der Waals surface area contributed by atoms with Crippen LogP contribution in [0.5, 0.6) is 23.0 Å². The number of rotatable bonds is 5. The van der Waals surface area contributed by atoms with Gasteiger partial charge in [-0.25, -0.2) is 0 Å². The molecule has 0 aromatic heterocycles. The van der Waals surface area contributed by atoms with Crippen LogP contribution < -0.4 is 29.7 Å². The molecule has 0 heterocycles. The number of hydrogen-bond acceptors (Lipinski definition) is 8. The molecule has 2 N–H and O–H groups in total. The van der Waals surface area contributed by atoms with Gasteiger partial charge in [0.05, 0.1) is 34.5 Å². The molecule has 0 spiro atoms. The summed E-state index contributed by atoms with van der Waals surface area (Å²) in [5.74, 6) is 1.60. The lowest BCUT2D eigenvalue weighted by Gasteiger charge is -2.19. The molecule has 0 saturated carbocycles. The van der Waals surface area contributed by atoms with E-state index in [1.807, 2.05) is 12.1 Å². The fourth-order valence-corrected chi connectivity index (χ4v) is 3.86. The largest absolute Gasteiger partial charge is 0.522 e. The molecule has 204 valence electrons. The third-order valence-electron chi connectivity index (χ3n) is 5.39. The quantitative estimate of drug-likeness (QED) is 0.425. The van der Waals surface area contributed by atoms with E-state index < -0.39 is 15.6 Å². The number of hydrogen-bond donors (Lipinski definition) is 2. The molecule has 0 aliphatic heterocycles. The number of ether oxygens (including phenoxy) is 4. The van der Waals surface area contributed by atoms with Crippen LogP contribution in [0, 0.1) is 0 Å². The Morgan fingerprint density at radius 3 is 2.03 bits per heavy atom. The molecular weight excluding hydrogens is 523 g/mol. The SMILES string of the molecule is COc1cc2c(c(OC)c1OC)-c1ccc(OC)c(=O)cc1[C@@H](NC(C)=O)CC2.O=S(=O)(O)C(F)(F)F. The smallest absolute Gasteiger partial charge is 0.493 e. The number of aryl methyl sites for hydroxylation is 1. The summed E-state index contributed by atoms with van der Waals surface area (Å²) in [5, 5.41) is 2.96. The Morgan fingerprint density at radius 1 is 1.00 bits per heavy atom. The van der Waals surface area contributed by atoms with E-state index in [-0.39, 0.29) is 23.1 Å². The molecule has 0 fully saturated rings. The van der Waals surface area contributed by atoms with Gasteiger partial charge in [0.2, 0.25) is 17.1 Å². The number of alkyl halides is 3. The lowest BCUT2D eigenvalue weighted by molar-refractivity contribution is -0.119. The summed E-state index contributed by atoms with van der Waals surface area (Å²) in [6.07, 6.45) is 1.27. The van der Waals surface area contributed by atoms with E-state index in [0.717, 1.165) is 16.7 Å². The number of carbonyl (C=O) groups is 1. The summed E-state index contributed by atoms with van der Waals surface area (Å²) in [4.78, 5) is 24.5. The van der Waals surface area contributed by atoms with Crippen LogP contribution >= 0.6 is 0 Å². The van der Waals surface area contributed by atoms with Crippen molar-refractivity contribution in [2.45, 2.75) is 31.3 Å². The van der Waals surface area contributed by atoms with E-state index in [4.69, 9.17) is 31.9 Å². The molecule has 0 unspecified atom stereocenters. The monoisotopic (exact) mass is 549 g/mol. The minimum absolute atomic E-state index is 0.167. The van der Waals surface area contributed by atoms with E-state index in [1.54, 1.807) is 27.4 Å². The molecule has 2 aromatic rings. The van der Waals surface area contributed by atoms with Gasteiger partial charge in [-0.1, -0.05) is 6.07 Å². The van der Waals surface area contributed by atoms with Crippen molar-refractivity contribution in [1.29, 1.82) is 0 Å². The third kappa shape index (κ3) is 6.63. The minimum atomic E-state index is -5.84. The number of nitrogens with one attached hydrogen (secondary N) is 1. The minimum Gasteiger partial charge on any atom is -0.493 e. The highest BCUT2D eigenvalue weighted by molar-refractivity contribution is 7.86. The Morgan fingerprint density at radius 2 is 1.57 bits per heavy atom. The summed E-state index contributed by atoms with van der Waals surface area (Å²) >= 11 is 0. The van der Waals surface area contributed by atoms with Crippen LogP contribution in [0.3, 0.4) is 0 Å². The highest BCUT2D eigenvalue weighted by Gasteiger charge is 2.44. The number of fused-ring (bicyclic) bond motifs is 3. The zero-order valence-electron chi connectivity index (χ0n) is 20.6. The Balaban J connectivity index is 0.000000521. The first-order valence-electron chi connectivity index (χ1n) is 10.5. The number of amides is 1. The number of methoxy groups -OCH3 is 4. The van der Waals surface area contributed by atoms with Crippen LogP contribution in [0.15, 0.2) is 29.1 Å². The van der Waals surface area contributed by atoms with Gasteiger partial charge >= 0.3 is 15.6 Å². The van der Waals surface area contributed by atoms with Crippen LogP contribution in [-0.2, 0) is 21.3 Å². The molecule has 0 saturated heterocycles. The molecular formula is C23H26F3NO9S. The maximum atomic E-state index is 12.6. The summed E-state index contributed by atoms with van der Waals surface area (Å²) in [7, 11) is 0.302. The second-order valence-corrected chi connectivity index (χ2v) is 9.08. The van der Waals surface area contributed by atoms with Gasteiger partial charge in [0.15, 0.2) is 17.2 Å². The van der Waals surface area contributed by atoms with Crippen molar-refractivity contribution >= 4 is 16.0 Å². The van der Waals surface area contributed by atoms with Gasteiger partial charge in [0.1, 0.15) is 0 Å². The topological polar surface area (TPSA) is 137 Å². The fourth-order valence-electron chi connectivity index (χ4n) is 3.86. The molecule has 0 radical (unpaired) electrons. The van der Waals surface area contributed by atoms with Crippen molar-refractivity contribution in [2.75, 3.05) is 28.4 Å². The first-order chi connectivity index (χ1) is 17.2. The molecule has 0 bridgehead atoms. The maximum absolute atomic E-state index is 12.6. The summed E-state index contributed by atoms with van der Waals surface area (Å²) in [5.41, 5.74) is -2.52. The van der Waals surface area contributed by atoms with Crippen molar-refractivity contribution in [3.63, 3.8) is 0 Å². The fraction of sp³-hybridized carbons (Fsp3) is 0.391. The number of benzene rings is 1. The van der Waals surface area contributed by atoms with Crippen LogP contribution in [0.1, 0.15) is 30.5 Å². The van der Waals surface area contributed by atoms with Crippen LogP contribution in [0.2, 0.25) is 0 Å². The van der Waals surface area contributed by atoms with Crippen LogP contribution in [0.4, 0.5) is 13.2 Å². The second kappa shape index (κ2) is 11.7. The molecule has 14 heteroatoms. The summed E-state index contributed by atoms with van der Waals surface area (Å²) < 4.78 is 79.5. The summed E-state index contributed by atoms with van der Waals surface area (Å²) in [6.45, 7) is 1.46. The van der Waals surface area contributed by atoms with Gasteiger partial charge < -0.3 is 24.3 Å². The predicted molar refractivity (Wildman–Crippen MR) is 127 cm³/mol. The molecule has 10 nitrogen and oxygen atoms in total. The molecule has 1 atom stereocenters. The second-order valence-electron chi connectivity index (χ2n) is 7.67. The van der Waals surface area contributed by atoms with Gasteiger partial charge in [0.25, 0.3) is 0 Å². The zero-order valence-corrected chi connectivity index (χ0v) is 21.4. The Kier molecular flexibility index (Phi) is 9.38. The maximum Gasteiger partial charge on any atom is 0.522 e. The molecule has 2 aromatic carbocycles. The van der Waals surface area contributed by atoms with Crippen molar-refractivity contribution < 1.29 is 49.9 Å². The van der Waals surface area contributed by atoms with E-state index in [9.17, 15) is 22.8 Å². The predicted octanol–water partition coefficient (Wildman–Crippen LogP) is 3.27. The van der Waals surface area contributed by atoms with E-state index >= 15 is 0 Å². The lowest BCUT2D eigenvalue weighted by Crippen LogP contribution is -2.26. The van der Waals surface area contributed by atoms with Gasteiger partial charge in [-0.15, -0.1) is 0 Å². The van der Waals surface area contributed by atoms with Gasteiger partial charge in [-0.2, -0.15) is 21.6 Å². The van der Waals surface area contributed by atoms with Crippen molar-refractivity contribution in [3.05, 3.63) is 45.6 Å². The molecule has 3 rings (SSSR count). The Labute approximate surface area is 211 Å². The van der Waals surface area contributed by atoms with E-state index in [0.29, 0.717) is 35.7 Å². The molecule has 1 aliphatic rings. The molecule has 37 heavy (non-hydrogen) atoms. The van der Waals surface area contributed by atoms with E-state index in [2.05, 4.69) is 5.32 Å². The van der Waals surface area contributed by atoms with Crippen LogP contribution in [0.25, 0.3) is 11.1 Å². The highest BCUT2D eigenvalue weighted by atomic mass is 32.2. The number of carbonyl (C=O) groups excluding carboxylic acids is 1. The zero-order chi connectivity index (χ0) is 28.1. The summed E-state index contributed by atoms with van der Waals surface area (Å²) in [6, 6.07) is 6.57. The first-order valence-corrected chi connectivity index (χ1v) is 12.0. The average molecular weight is 550 g/mol. The normalized spacial score (nSPS) is 14.6. The number of halogens is 3. The van der Waals surface area contributed by atoms with Crippen LogP contribution in [-0.4, -0.2) is 52.8 Å². The van der Waals surface area contributed by atoms with Crippen molar-refractivity contribution in [3.8, 4) is 34.1 Å². The van der Waals surface area contributed by atoms with E-state index in [1.165, 1.54) is 20.1 Å². The van der Waals surface area contributed by atoms with Gasteiger partial charge in [-0.3, -0.25) is 14.1 Å². The standard InChI is InChI=1S/C22H25NO6.CHF3O3S/c1-12(24)23-16-8-6-13-10-19(27-3)21(28-4)22(29-5)20(13)14-7-9-18(26-2)17(25)11-15(14)16;2-1(3,4)8(5,6)7/h7,9-11,16H,6,8H2,1-5H3,(H,23,24);(H,5,6,7)/t16-;/m0./s1. The van der Waals surface area contributed by atoms with Gasteiger partial charge in [0, 0.05) is 12.5 Å².